The molecule has 0 spiro atoms. The van der Waals surface area contributed by atoms with E-state index in [0.29, 0.717) is 0 Å². The summed E-state index contributed by atoms with van der Waals surface area (Å²) in [6.07, 6.45) is 8.40. The van der Waals surface area contributed by atoms with Crippen LogP contribution in [0.4, 0.5) is 0 Å². The molecule has 0 radical (unpaired) electrons. The van der Waals surface area contributed by atoms with Crippen LogP contribution in [-0.2, 0) is 0 Å². The van der Waals surface area contributed by atoms with Gasteiger partial charge in [-0.05, 0) is 38.0 Å². The highest BCUT2D eigenvalue weighted by Gasteiger charge is 2.36. The Morgan fingerprint density at radius 1 is 1.18 bits per heavy atom. The maximum absolute atomic E-state index is 6.17. The molecule has 2 aliphatic carbocycles. The SMILES string of the molecule is CC1(N)CC2CCCC(C2)C1. The topological polar surface area (TPSA) is 26.0 Å². The predicted molar refractivity (Wildman–Crippen MR) is 47.3 cm³/mol. The second-order valence-corrected chi connectivity index (χ2v) is 4.96. The van der Waals surface area contributed by atoms with Gasteiger partial charge in [-0.3, -0.25) is 0 Å². The van der Waals surface area contributed by atoms with Crippen molar-refractivity contribution in [1.29, 1.82) is 0 Å². The van der Waals surface area contributed by atoms with Crippen molar-refractivity contribution in [3.05, 3.63) is 0 Å². The molecule has 2 unspecified atom stereocenters. The van der Waals surface area contributed by atoms with Crippen LogP contribution in [0.25, 0.3) is 0 Å². The van der Waals surface area contributed by atoms with Crippen LogP contribution in [0.3, 0.4) is 0 Å². The van der Waals surface area contributed by atoms with Crippen LogP contribution in [0.15, 0.2) is 0 Å². The molecule has 2 rings (SSSR count). The first-order valence-corrected chi connectivity index (χ1v) is 4.95. The molecule has 0 aromatic heterocycles. The van der Waals surface area contributed by atoms with E-state index < -0.39 is 0 Å². The highest BCUT2D eigenvalue weighted by molar-refractivity contribution is 4.92. The quantitative estimate of drug-likeness (QED) is 0.568. The monoisotopic (exact) mass is 153 g/mol. The van der Waals surface area contributed by atoms with Crippen molar-refractivity contribution in [2.75, 3.05) is 0 Å². The first-order chi connectivity index (χ1) is 5.16. The van der Waals surface area contributed by atoms with Crippen molar-refractivity contribution in [3.8, 4) is 0 Å². The van der Waals surface area contributed by atoms with Gasteiger partial charge in [0, 0.05) is 5.54 Å². The molecule has 0 amide bonds. The van der Waals surface area contributed by atoms with Gasteiger partial charge in [0.1, 0.15) is 0 Å². The summed E-state index contributed by atoms with van der Waals surface area (Å²) in [7, 11) is 0. The molecule has 0 aromatic carbocycles. The third kappa shape index (κ3) is 1.58. The average Bonchev–Trinajstić information content (AvgIpc) is 1.82. The zero-order valence-corrected chi connectivity index (χ0v) is 7.47. The van der Waals surface area contributed by atoms with E-state index in [9.17, 15) is 0 Å². The summed E-state index contributed by atoms with van der Waals surface area (Å²) in [5.41, 5.74) is 6.34. The summed E-state index contributed by atoms with van der Waals surface area (Å²) in [5.74, 6) is 1.94. The third-order valence-corrected chi connectivity index (χ3v) is 3.40. The molecular formula is C10H19N. The number of hydrogen-bond donors (Lipinski definition) is 1. The van der Waals surface area contributed by atoms with Crippen molar-refractivity contribution in [2.45, 2.75) is 51.0 Å². The molecule has 2 aliphatic rings. The average molecular weight is 153 g/mol. The van der Waals surface area contributed by atoms with Gasteiger partial charge in [0.15, 0.2) is 0 Å². The molecule has 2 N–H and O–H groups in total. The molecule has 64 valence electrons. The van der Waals surface area contributed by atoms with E-state index in [1.807, 2.05) is 0 Å². The Morgan fingerprint density at radius 3 is 2.27 bits per heavy atom. The van der Waals surface area contributed by atoms with E-state index >= 15 is 0 Å². The van der Waals surface area contributed by atoms with Gasteiger partial charge >= 0.3 is 0 Å². The van der Waals surface area contributed by atoms with E-state index in [1.165, 1.54) is 38.5 Å². The van der Waals surface area contributed by atoms with Crippen molar-refractivity contribution < 1.29 is 0 Å². The lowest BCUT2D eigenvalue weighted by Crippen LogP contribution is -2.45. The van der Waals surface area contributed by atoms with Gasteiger partial charge < -0.3 is 5.73 Å². The lowest BCUT2D eigenvalue weighted by molar-refractivity contribution is 0.124. The molecule has 2 saturated carbocycles. The fourth-order valence-electron chi connectivity index (χ4n) is 3.18. The van der Waals surface area contributed by atoms with E-state index in [4.69, 9.17) is 5.73 Å². The second kappa shape index (κ2) is 2.48. The zero-order valence-electron chi connectivity index (χ0n) is 7.47. The molecule has 0 aromatic rings. The van der Waals surface area contributed by atoms with E-state index in [-0.39, 0.29) is 5.54 Å². The van der Waals surface area contributed by atoms with Crippen LogP contribution in [0.1, 0.15) is 45.4 Å². The third-order valence-electron chi connectivity index (χ3n) is 3.40. The molecule has 2 atom stereocenters. The molecular weight excluding hydrogens is 134 g/mol. The van der Waals surface area contributed by atoms with Crippen LogP contribution >= 0.6 is 0 Å². The first kappa shape index (κ1) is 7.60. The van der Waals surface area contributed by atoms with Crippen LogP contribution in [0.2, 0.25) is 0 Å². The predicted octanol–water partition coefficient (Wildman–Crippen LogP) is 2.30. The lowest BCUT2D eigenvalue weighted by Gasteiger charge is -2.43. The van der Waals surface area contributed by atoms with Crippen molar-refractivity contribution in [2.24, 2.45) is 17.6 Å². The Bertz CT molecular complexity index is 137. The first-order valence-electron chi connectivity index (χ1n) is 4.95. The smallest absolute Gasteiger partial charge is 0.0131 e. The van der Waals surface area contributed by atoms with Gasteiger partial charge in [-0.25, -0.2) is 0 Å². The van der Waals surface area contributed by atoms with E-state index in [1.54, 1.807) is 0 Å². The molecule has 0 saturated heterocycles. The standard InChI is InChI=1S/C10H19N/c1-10(11)6-8-3-2-4-9(5-8)7-10/h8-9H,2-7,11H2,1H3. The Labute approximate surface area is 69.4 Å². The number of hydrogen-bond acceptors (Lipinski definition) is 1. The van der Waals surface area contributed by atoms with Crippen molar-refractivity contribution in [1.82, 2.24) is 0 Å². The minimum absolute atomic E-state index is 0.175. The fourth-order valence-corrected chi connectivity index (χ4v) is 3.18. The summed E-state index contributed by atoms with van der Waals surface area (Å²) in [4.78, 5) is 0. The van der Waals surface area contributed by atoms with E-state index in [0.717, 1.165) is 11.8 Å². The van der Waals surface area contributed by atoms with Gasteiger partial charge in [-0.15, -0.1) is 0 Å². The molecule has 1 nitrogen and oxygen atoms in total. The molecule has 0 heterocycles. The zero-order chi connectivity index (χ0) is 7.90. The lowest BCUT2D eigenvalue weighted by atomic mass is 9.66. The van der Waals surface area contributed by atoms with Gasteiger partial charge in [0.2, 0.25) is 0 Å². The van der Waals surface area contributed by atoms with Crippen molar-refractivity contribution >= 4 is 0 Å². The summed E-state index contributed by atoms with van der Waals surface area (Å²) >= 11 is 0. The number of nitrogens with two attached hydrogens (primary N) is 1. The van der Waals surface area contributed by atoms with Gasteiger partial charge in [-0.2, -0.15) is 0 Å². The Morgan fingerprint density at radius 2 is 1.73 bits per heavy atom. The van der Waals surface area contributed by atoms with Crippen LogP contribution in [-0.4, -0.2) is 5.54 Å². The maximum atomic E-state index is 6.17. The Kier molecular flexibility index (Phi) is 1.71. The minimum Gasteiger partial charge on any atom is -0.325 e. The minimum atomic E-state index is 0.175. The highest BCUT2D eigenvalue weighted by Crippen LogP contribution is 2.42. The van der Waals surface area contributed by atoms with Gasteiger partial charge in [0.25, 0.3) is 0 Å². The summed E-state index contributed by atoms with van der Waals surface area (Å²) < 4.78 is 0. The van der Waals surface area contributed by atoms with E-state index in [2.05, 4.69) is 6.92 Å². The maximum Gasteiger partial charge on any atom is 0.0131 e. The fraction of sp³-hybridized carbons (Fsp3) is 1.00. The largest absolute Gasteiger partial charge is 0.325 e. The molecule has 11 heavy (non-hydrogen) atoms. The molecule has 0 aliphatic heterocycles. The van der Waals surface area contributed by atoms with Crippen LogP contribution < -0.4 is 5.73 Å². The van der Waals surface area contributed by atoms with Gasteiger partial charge in [0.05, 0.1) is 0 Å². The van der Waals surface area contributed by atoms with Crippen LogP contribution in [0.5, 0.6) is 0 Å². The normalized spacial score (nSPS) is 50.7. The Balaban J connectivity index is 2.05. The van der Waals surface area contributed by atoms with Gasteiger partial charge in [-0.1, -0.05) is 19.3 Å². The Hall–Kier alpha value is -0.0400. The van der Waals surface area contributed by atoms with Crippen molar-refractivity contribution in [3.63, 3.8) is 0 Å². The highest BCUT2D eigenvalue weighted by atomic mass is 14.7. The summed E-state index contributed by atoms with van der Waals surface area (Å²) in [6, 6.07) is 0. The second-order valence-electron chi connectivity index (χ2n) is 4.96. The molecule has 2 bridgehead atoms. The summed E-state index contributed by atoms with van der Waals surface area (Å²) in [5, 5.41) is 0. The molecule has 1 heteroatoms. The van der Waals surface area contributed by atoms with Crippen LogP contribution in [0, 0.1) is 11.8 Å². The molecule has 2 fully saturated rings. The number of fused-ring (bicyclic) bond motifs is 2. The summed E-state index contributed by atoms with van der Waals surface area (Å²) in [6.45, 7) is 2.23. The number of rotatable bonds is 0.